The number of Topliss-reactive ketones (excluding diaryl/α,β-unsaturated/α-hetero) is 1. The third kappa shape index (κ3) is 3.76. The van der Waals surface area contributed by atoms with Gasteiger partial charge in [-0.25, -0.2) is 0 Å². The van der Waals surface area contributed by atoms with Gasteiger partial charge in [0.2, 0.25) is 5.78 Å². The first-order chi connectivity index (χ1) is 12.5. The third-order valence-corrected chi connectivity index (χ3v) is 3.78. The van der Waals surface area contributed by atoms with Gasteiger partial charge in [0.15, 0.2) is 5.76 Å². The van der Waals surface area contributed by atoms with Crippen molar-refractivity contribution >= 4 is 11.9 Å². The molecule has 9 heteroatoms. The second kappa shape index (κ2) is 6.33. The van der Waals surface area contributed by atoms with Crippen molar-refractivity contribution in [3.63, 3.8) is 0 Å². The highest BCUT2D eigenvalue weighted by molar-refractivity contribution is 6.14. The van der Waals surface area contributed by atoms with Crippen LogP contribution in [-0.4, -0.2) is 12.9 Å². The van der Waals surface area contributed by atoms with E-state index in [1.165, 1.54) is 25.3 Å². The molecular formula is C18H10F6O3. The molecule has 0 saturated carbocycles. The van der Waals surface area contributed by atoms with E-state index in [0.29, 0.717) is 17.9 Å². The predicted octanol–water partition coefficient (Wildman–Crippen LogP) is 5.35. The van der Waals surface area contributed by atoms with E-state index >= 15 is 0 Å². The second-order valence-electron chi connectivity index (χ2n) is 5.64. The van der Waals surface area contributed by atoms with Crippen LogP contribution in [0.15, 0.2) is 42.2 Å². The molecule has 0 unspecified atom stereocenters. The van der Waals surface area contributed by atoms with Crippen molar-refractivity contribution in [1.82, 2.24) is 0 Å². The molecule has 142 valence electrons. The summed E-state index contributed by atoms with van der Waals surface area (Å²) in [6.45, 7) is 0. The van der Waals surface area contributed by atoms with Crippen LogP contribution in [0.25, 0.3) is 6.08 Å². The van der Waals surface area contributed by atoms with Crippen LogP contribution in [0.1, 0.15) is 27.0 Å². The van der Waals surface area contributed by atoms with Gasteiger partial charge in [-0.05, 0) is 48.0 Å². The van der Waals surface area contributed by atoms with Crippen molar-refractivity contribution in [2.75, 3.05) is 7.11 Å². The zero-order valence-electron chi connectivity index (χ0n) is 13.5. The lowest BCUT2D eigenvalue weighted by Gasteiger charge is -2.13. The van der Waals surface area contributed by atoms with E-state index in [1.54, 1.807) is 0 Å². The molecule has 0 fully saturated rings. The monoisotopic (exact) mass is 388 g/mol. The molecule has 2 aromatic rings. The standard InChI is InChI=1S/C18H10F6O3/c1-26-12-2-3-14-13(8-12)16(25)15(27-14)6-9-4-10(17(19,20)21)7-11(5-9)18(22,23)24/h2-8H,1H3/b15-6+. The number of carbonyl (C=O) groups excluding carboxylic acids is 1. The van der Waals surface area contributed by atoms with Gasteiger partial charge in [-0.3, -0.25) is 4.79 Å². The molecule has 2 aromatic carbocycles. The Hall–Kier alpha value is -2.97. The van der Waals surface area contributed by atoms with E-state index < -0.39 is 34.8 Å². The van der Waals surface area contributed by atoms with Gasteiger partial charge in [-0.1, -0.05) is 0 Å². The minimum Gasteiger partial charge on any atom is -0.497 e. The van der Waals surface area contributed by atoms with Gasteiger partial charge >= 0.3 is 12.4 Å². The van der Waals surface area contributed by atoms with Crippen molar-refractivity contribution in [2.24, 2.45) is 0 Å². The minimum absolute atomic E-state index is 0.0128. The molecular weight excluding hydrogens is 378 g/mol. The Morgan fingerprint density at radius 2 is 1.52 bits per heavy atom. The average Bonchev–Trinajstić information content (AvgIpc) is 2.88. The van der Waals surface area contributed by atoms with Crippen molar-refractivity contribution in [3.8, 4) is 11.5 Å². The van der Waals surface area contributed by atoms with Crippen molar-refractivity contribution in [3.05, 3.63) is 64.4 Å². The zero-order chi connectivity index (χ0) is 20.0. The molecule has 0 aromatic heterocycles. The number of rotatable bonds is 2. The van der Waals surface area contributed by atoms with E-state index in [0.717, 1.165) is 6.08 Å². The SMILES string of the molecule is COc1ccc2c(c1)C(=O)/C(=C\c1cc(C(F)(F)F)cc(C(F)(F)F)c1)O2. The van der Waals surface area contributed by atoms with Gasteiger partial charge < -0.3 is 9.47 Å². The van der Waals surface area contributed by atoms with Gasteiger partial charge in [-0.15, -0.1) is 0 Å². The minimum atomic E-state index is -4.98. The molecule has 27 heavy (non-hydrogen) atoms. The summed E-state index contributed by atoms with van der Waals surface area (Å²) in [5, 5.41) is 0. The van der Waals surface area contributed by atoms with Crippen LogP contribution in [0.3, 0.4) is 0 Å². The molecule has 0 atom stereocenters. The lowest BCUT2D eigenvalue weighted by Crippen LogP contribution is -2.11. The predicted molar refractivity (Wildman–Crippen MR) is 82.4 cm³/mol. The largest absolute Gasteiger partial charge is 0.497 e. The molecule has 0 radical (unpaired) electrons. The number of halogens is 6. The molecule has 3 nitrogen and oxygen atoms in total. The van der Waals surface area contributed by atoms with Crippen LogP contribution in [0.5, 0.6) is 11.5 Å². The van der Waals surface area contributed by atoms with E-state index in [1.807, 2.05) is 0 Å². The maximum absolute atomic E-state index is 12.9. The van der Waals surface area contributed by atoms with Crippen molar-refractivity contribution < 1.29 is 40.6 Å². The molecule has 0 spiro atoms. The first-order valence-corrected chi connectivity index (χ1v) is 7.41. The van der Waals surface area contributed by atoms with Crippen molar-refractivity contribution in [1.29, 1.82) is 0 Å². The van der Waals surface area contributed by atoms with E-state index in [-0.39, 0.29) is 23.1 Å². The van der Waals surface area contributed by atoms with E-state index in [9.17, 15) is 31.1 Å². The summed E-state index contributed by atoms with van der Waals surface area (Å²) in [4.78, 5) is 12.3. The average molecular weight is 388 g/mol. The topological polar surface area (TPSA) is 35.5 Å². The van der Waals surface area contributed by atoms with Gasteiger partial charge in [0.1, 0.15) is 11.5 Å². The highest BCUT2D eigenvalue weighted by atomic mass is 19.4. The molecule has 1 aliphatic heterocycles. The van der Waals surface area contributed by atoms with Crippen LogP contribution in [-0.2, 0) is 12.4 Å². The number of hydrogen-bond donors (Lipinski definition) is 0. The Balaban J connectivity index is 2.06. The van der Waals surface area contributed by atoms with Gasteiger partial charge in [0, 0.05) is 0 Å². The summed E-state index contributed by atoms with van der Waals surface area (Å²) in [5.41, 5.74) is -3.31. The molecule has 1 aliphatic rings. The van der Waals surface area contributed by atoms with Crippen LogP contribution in [0.4, 0.5) is 26.3 Å². The van der Waals surface area contributed by atoms with Crippen molar-refractivity contribution in [2.45, 2.75) is 12.4 Å². The number of benzene rings is 2. The number of hydrogen-bond acceptors (Lipinski definition) is 3. The zero-order valence-corrected chi connectivity index (χ0v) is 13.5. The quantitative estimate of drug-likeness (QED) is 0.514. The fourth-order valence-corrected chi connectivity index (χ4v) is 2.51. The Morgan fingerprint density at radius 1 is 0.926 bits per heavy atom. The molecule has 0 amide bonds. The summed E-state index contributed by atoms with van der Waals surface area (Å²) in [7, 11) is 1.38. The Kier molecular flexibility index (Phi) is 4.41. The maximum Gasteiger partial charge on any atom is 0.416 e. The number of alkyl halides is 6. The molecule has 0 N–H and O–H groups in total. The summed E-state index contributed by atoms with van der Waals surface area (Å²) < 4.78 is 87.8. The molecule has 0 saturated heterocycles. The van der Waals surface area contributed by atoms with E-state index in [4.69, 9.17) is 9.47 Å². The number of ketones is 1. The summed E-state index contributed by atoms with van der Waals surface area (Å²) in [5.74, 6) is -0.569. The molecule has 0 bridgehead atoms. The summed E-state index contributed by atoms with van der Waals surface area (Å²) in [6, 6.07) is 5.33. The van der Waals surface area contributed by atoms with Gasteiger partial charge in [0.25, 0.3) is 0 Å². The van der Waals surface area contributed by atoms with Crippen LogP contribution >= 0.6 is 0 Å². The Labute approximate surface area is 148 Å². The third-order valence-electron chi connectivity index (χ3n) is 3.78. The molecule has 0 aliphatic carbocycles. The number of methoxy groups -OCH3 is 1. The summed E-state index contributed by atoms with van der Waals surface area (Å²) >= 11 is 0. The lowest BCUT2D eigenvalue weighted by molar-refractivity contribution is -0.143. The van der Waals surface area contributed by atoms with Gasteiger partial charge in [-0.2, -0.15) is 26.3 Å². The van der Waals surface area contributed by atoms with Gasteiger partial charge in [0.05, 0.1) is 23.8 Å². The first-order valence-electron chi connectivity index (χ1n) is 7.41. The lowest BCUT2D eigenvalue weighted by atomic mass is 10.0. The van der Waals surface area contributed by atoms with Crippen LogP contribution < -0.4 is 9.47 Å². The Morgan fingerprint density at radius 3 is 2.04 bits per heavy atom. The molecule has 3 rings (SSSR count). The molecule has 1 heterocycles. The smallest absolute Gasteiger partial charge is 0.416 e. The number of allylic oxidation sites excluding steroid dienone is 1. The highest BCUT2D eigenvalue weighted by Gasteiger charge is 2.37. The maximum atomic E-state index is 12.9. The fraction of sp³-hybridized carbons (Fsp3) is 0.167. The normalized spacial score (nSPS) is 15.7. The van der Waals surface area contributed by atoms with E-state index in [2.05, 4.69) is 0 Å². The number of carbonyl (C=O) groups is 1. The highest BCUT2D eigenvalue weighted by Crippen LogP contribution is 2.38. The van der Waals surface area contributed by atoms with Crippen LogP contribution in [0, 0.1) is 0 Å². The summed E-state index contributed by atoms with van der Waals surface area (Å²) in [6.07, 6.45) is -9.12. The second-order valence-corrected chi connectivity index (χ2v) is 5.64. The number of ether oxygens (including phenoxy) is 2. The first kappa shape index (κ1) is 18.8. The number of fused-ring (bicyclic) bond motifs is 1. The Bertz CT molecular complexity index is 909. The fourth-order valence-electron chi connectivity index (χ4n) is 2.51. The van der Waals surface area contributed by atoms with Crippen LogP contribution in [0.2, 0.25) is 0 Å².